The van der Waals surface area contributed by atoms with Crippen molar-refractivity contribution in [1.82, 2.24) is 9.55 Å². The second-order valence-corrected chi connectivity index (χ2v) is 5.06. The first-order valence-corrected chi connectivity index (χ1v) is 7.50. The number of ether oxygens (including phenoxy) is 2. The van der Waals surface area contributed by atoms with E-state index < -0.39 is 5.97 Å². The molecule has 1 aromatic heterocycles. The van der Waals surface area contributed by atoms with Gasteiger partial charge >= 0.3 is 5.97 Å². The van der Waals surface area contributed by atoms with Gasteiger partial charge in [0.05, 0.1) is 12.3 Å². The number of rotatable bonds is 5. The number of hydrogen-bond donors (Lipinski definition) is 1. The summed E-state index contributed by atoms with van der Waals surface area (Å²) in [7, 11) is 0. The minimum absolute atomic E-state index is 0.265. The smallest absolute Gasteiger partial charge is 0.358 e. The van der Waals surface area contributed by atoms with E-state index in [0.29, 0.717) is 23.8 Å². The van der Waals surface area contributed by atoms with Gasteiger partial charge in [-0.3, -0.25) is 0 Å². The molecule has 0 aliphatic carbocycles. The zero-order valence-corrected chi connectivity index (χ0v) is 13.2. The van der Waals surface area contributed by atoms with E-state index >= 15 is 0 Å². The Morgan fingerprint density at radius 3 is 2.71 bits per heavy atom. The first-order chi connectivity index (χ1) is 11.7. The number of imidazole rings is 1. The van der Waals surface area contributed by atoms with Gasteiger partial charge in [0.1, 0.15) is 17.8 Å². The average Bonchev–Trinajstić information content (AvgIpc) is 3.08. The fraction of sp³-hybridized carbons (Fsp3) is 0.111. The summed E-state index contributed by atoms with van der Waals surface area (Å²) in [6, 6.07) is 14.6. The van der Waals surface area contributed by atoms with Crippen LogP contribution in [0.5, 0.6) is 11.5 Å². The number of esters is 1. The minimum Gasteiger partial charge on any atom is -0.461 e. The van der Waals surface area contributed by atoms with Crippen LogP contribution in [0.1, 0.15) is 17.4 Å². The second-order valence-electron chi connectivity index (χ2n) is 5.06. The Bertz CT molecular complexity index is 841. The van der Waals surface area contributed by atoms with Crippen LogP contribution in [-0.4, -0.2) is 22.1 Å². The van der Waals surface area contributed by atoms with E-state index in [0.717, 1.165) is 5.69 Å². The molecule has 122 valence electrons. The average molecular weight is 323 g/mol. The molecule has 0 radical (unpaired) electrons. The molecule has 0 fully saturated rings. The van der Waals surface area contributed by atoms with Crippen LogP contribution in [0.2, 0.25) is 0 Å². The van der Waals surface area contributed by atoms with E-state index in [1.54, 1.807) is 48.3 Å². The highest BCUT2D eigenvalue weighted by Crippen LogP contribution is 2.24. The summed E-state index contributed by atoms with van der Waals surface area (Å²) in [5.74, 6) is 0.924. The fourth-order valence-corrected chi connectivity index (χ4v) is 2.15. The zero-order valence-electron chi connectivity index (χ0n) is 13.2. The van der Waals surface area contributed by atoms with E-state index in [2.05, 4.69) is 4.98 Å². The predicted molar refractivity (Wildman–Crippen MR) is 90.4 cm³/mol. The van der Waals surface area contributed by atoms with Gasteiger partial charge in [0.15, 0.2) is 5.69 Å². The molecule has 6 heteroatoms. The SMILES string of the molecule is CCOC(=O)c1cn(-c2cccc(Oc3ccc(N)cc3)c2)cn1. The molecule has 0 unspecified atom stereocenters. The number of hydrogen-bond acceptors (Lipinski definition) is 5. The molecule has 2 N–H and O–H groups in total. The lowest BCUT2D eigenvalue weighted by atomic mass is 10.3. The van der Waals surface area contributed by atoms with Gasteiger partial charge in [-0.1, -0.05) is 6.07 Å². The van der Waals surface area contributed by atoms with E-state index in [1.807, 2.05) is 24.3 Å². The summed E-state index contributed by atoms with van der Waals surface area (Å²) in [6.45, 7) is 2.07. The van der Waals surface area contributed by atoms with Crippen molar-refractivity contribution in [2.75, 3.05) is 12.3 Å². The molecule has 0 amide bonds. The van der Waals surface area contributed by atoms with Crippen molar-refractivity contribution in [2.45, 2.75) is 6.92 Å². The summed E-state index contributed by atoms with van der Waals surface area (Å²) in [6.07, 6.45) is 3.19. The van der Waals surface area contributed by atoms with Crippen LogP contribution in [-0.2, 0) is 4.74 Å². The first kappa shape index (κ1) is 15.6. The van der Waals surface area contributed by atoms with Gasteiger partial charge < -0.3 is 19.8 Å². The third-order valence-corrected chi connectivity index (χ3v) is 3.30. The van der Waals surface area contributed by atoms with Crippen molar-refractivity contribution in [3.05, 3.63) is 66.7 Å². The Hall–Kier alpha value is -3.28. The highest BCUT2D eigenvalue weighted by atomic mass is 16.5. The van der Waals surface area contributed by atoms with Crippen molar-refractivity contribution in [3.8, 4) is 17.2 Å². The molecule has 0 aliphatic heterocycles. The second kappa shape index (κ2) is 6.87. The van der Waals surface area contributed by atoms with Gasteiger partial charge in [-0.05, 0) is 43.3 Å². The molecule has 0 atom stereocenters. The normalized spacial score (nSPS) is 10.4. The van der Waals surface area contributed by atoms with Crippen LogP contribution in [0.4, 0.5) is 5.69 Å². The maximum absolute atomic E-state index is 11.7. The summed E-state index contributed by atoms with van der Waals surface area (Å²) in [5.41, 5.74) is 7.44. The molecule has 0 saturated heterocycles. The van der Waals surface area contributed by atoms with Crippen molar-refractivity contribution in [1.29, 1.82) is 0 Å². The quantitative estimate of drug-likeness (QED) is 0.575. The predicted octanol–water partition coefficient (Wildman–Crippen LogP) is 3.42. The van der Waals surface area contributed by atoms with Gasteiger partial charge in [0.25, 0.3) is 0 Å². The summed E-state index contributed by atoms with van der Waals surface area (Å²) < 4.78 is 12.5. The molecule has 0 spiro atoms. The summed E-state index contributed by atoms with van der Waals surface area (Å²) >= 11 is 0. The van der Waals surface area contributed by atoms with Gasteiger partial charge in [-0.15, -0.1) is 0 Å². The number of carbonyl (C=O) groups is 1. The number of nitrogens with two attached hydrogens (primary N) is 1. The number of carbonyl (C=O) groups excluding carboxylic acids is 1. The topological polar surface area (TPSA) is 79.4 Å². The van der Waals surface area contributed by atoms with Crippen molar-refractivity contribution in [2.24, 2.45) is 0 Å². The first-order valence-electron chi connectivity index (χ1n) is 7.50. The van der Waals surface area contributed by atoms with Crippen LogP contribution in [0.3, 0.4) is 0 Å². The number of aromatic nitrogens is 2. The molecular formula is C18H17N3O3. The van der Waals surface area contributed by atoms with Crippen molar-refractivity contribution in [3.63, 3.8) is 0 Å². The van der Waals surface area contributed by atoms with Gasteiger partial charge in [-0.25, -0.2) is 9.78 Å². The number of benzene rings is 2. The number of nitrogens with zero attached hydrogens (tertiary/aromatic N) is 2. The Morgan fingerprint density at radius 1 is 1.17 bits per heavy atom. The molecule has 6 nitrogen and oxygen atoms in total. The summed E-state index contributed by atoms with van der Waals surface area (Å²) in [4.78, 5) is 15.8. The number of nitrogen functional groups attached to an aromatic ring is 1. The zero-order chi connectivity index (χ0) is 16.9. The highest BCUT2D eigenvalue weighted by molar-refractivity contribution is 5.87. The number of anilines is 1. The molecule has 2 aromatic carbocycles. The third kappa shape index (κ3) is 3.55. The molecular weight excluding hydrogens is 306 g/mol. The fourth-order valence-electron chi connectivity index (χ4n) is 2.15. The van der Waals surface area contributed by atoms with Crippen LogP contribution < -0.4 is 10.5 Å². The third-order valence-electron chi connectivity index (χ3n) is 3.30. The van der Waals surface area contributed by atoms with E-state index in [4.69, 9.17) is 15.2 Å². The monoisotopic (exact) mass is 323 g/mol. The van der Waals surface area contributed by atoms with Gasteiger partial charge in [0.2, 0.25) is 0 Å². The minimum atomic E-state index is -0.439. The van der Waals surface area contributed by atoms with E-state index in [1.165, 1.54) is 0 Å². The van der Waals surface area contributed by atoms with Crippen molar-refractivity contribution < 1.29 is 14.3 Å². The molecule has 0 saturated carbocycles. The Labute approximate surface area is 139 Å². The van der Waals surface area contributed by atoms with Crippen LogP contribution in [0, 0.1) is 0 Å². The van der Waals surface area contributed by atoms with Crippen LogP contribution in [0.25, 0.3) is 5.69 Å². The molecule has 3 rings (SSSR count). The highest BCUT2D eigenvalue weighted by Gasteiger charge is 2.11. The maximum atomic E-state index is 11.7. The maximum Gasteiger partial charge on any atom is 0.358 e. The van der Waals surface area contributed by atoms with Gasteiger partial charge in [0, 0.05) is 18.0 Å². The van der Waals surface area contributed by atoms with Crippen molar-refractivity contribution >= 4 is 11.7 Å². The standard InChI is InChI=1S/C18H17N3O3/c1-2-23-18(22)17-11-21(12-20-17)14-4-3-5-16(10-14)24-15-8-6-13(19)7-9-15/h3-12H,2,19H2,1H3. The van der Waals surface area contributed by atoms with E-state index in [-0.39, 0.29) is 5.69 Å². The Balaban J connectivity index is 1.80. The Kier molecular flexibility index (Phi) is 4.47. The molecule has 0 bridgehead atoms. The Morgan fingerprint density at radius 2 is 1.96 bits per heavy atom. The largest absolute Gasteiger partial charge is 0.461 e. The van der Waals surface area contributed by atoms with Crippen LogP contribution in [0.15, 0.2) is 61.1 Å². The van der Waals surface area contributed by atoms with Gasteiger partial charge in [-0.2, -0.15) is 0 Å². The lowest BCUT2D eigenvalue weighted by Crippen LogP contribution is -2.04. The lowest BCUT2D eigenvalue weighted by Gasteiger charge is -2.08. The summed E-state index contributed by atoms with van der Waals surface area (Å²) in [5, 5.41) is 0. The van der Waals surface area contributed by atoms with E-state index in [9.17, 15) is 4.79 Å². The lowest BCUT2D eigenvalue weighted by molar-refractivity contribution is 0.0520. The molecule has 1 heterocycles. The van der Waals surface area contributed by atoms with Crippen LogP contribution >= 0.6 is 0 Å². The molecule has 24 heavy (non-hydrogen) atoms. The molecule has 3 aromatic rings. The molecule has 0 aliphatic rings.